The molecule has 0 unspecified atom stereocenters. The molecule has 6 aromatic rings. The number of unbranched alkanes of at least 4 members (excludes halogenated alkanes) is 10. The van der Waals surface area contributed by atoms with Crippen LogP contribution in [0.4, 0.5) is 9.59 Å². The molecule has 0 aliphatic carbocycles. The summed E-state index contributed by atoms with van der Waals surface area (Å²) >= 11 is 0. The van der Waals surface area contributed by atoms with E-state index in [4.69, 9.17) is 18.9 Å². The highest BCUT2D eigenvalue weighted by Crippen LogP contribution is 2.50. The van der Waals surface area contributed by atoms with Crippen molar-refractivity contribution in [3.63, 3.8) is 0 Å². The van der Waals surface area contributed by atoms with Crippen molar-refractivity contribution in [1.82, 2.24) is 0 Å². The average molecular weight is 727 g/mol. The Hall–Kier alpha value is -5.10. The summed E-state index contributed by atoms with van der Waals surface area (Å²) in [4.78, 5) is 26.4. The predicted molar refractivity (Wildman–Crippen MR) is 222 cm³/mol. The van der Waals surface area contributed by atoms with Crippen LogP contribution in [0.2, 0.25) is 0 Å². The largest absolute Gasteiger partial charge is 0.513 e. The lowest BCUT2D eigenvalue weighted by atomic mass is 9.84. The molecule has 0 spiro atoms. The number of fused-ring (bicyclic) bond motifs is 4. The second kappa shape index (κ2) is 18.8. The lowest BCUT2D eigenvalue weighted by Crippen LogP contribution is -2.12. The maximum absolute atomic E-state index is 13.2. The Bertz CT molecular complexity index is 2080. The van der Waals surface area contributed by atoms with Gasteiger partial charge in [0.15, 0.2) is 0 Å². The van der Waals surface area contributed by atoms with Gasteiger partial charge in [-0.1, -0.05) is 174 Å². The Labute approximate surface area is 319 Å². The van der Waals surface area contributed by atoms with Crippen molar-refractivity contribution in [2.45, 2.75) is 105 Å². The lowest BCUT2D eigenvalue weighted by molar-refractivity contribution is 0.0972. The number of ether oxygens (including phenoxy) is 4. The minimum Gasteiger partial charge on any atom is -0.434 e. The molecule has 282 valence electrons. The van der Waals surface area contributed by atoms with Crippen LogP contribution < -0.4 is 9.47 Å². The minimum atomic E-state index is -0.695. The second-order valence-corrected chi connectivity index (χ2v) is 14.5. The van der Waals surface area contributed by atoms with Gasteiger partial charge in [-0.05, 0) is 59.4 Å². The smallest absolute Gasteiger partial charge is 0.434 e. The molecular weight excluding hydrogens is 673 g/mol. The zero-order valence-electron chi connectivity index (χ0n) is 32.4. The van der Waals surface area contributed by atoms with Crippen molar-refractivity contribution in [1.29, 1.82) is 0 Å². The molecule has 0 fully saturated rings. The van der Waals surface area contributed by atoms with E-state index in [-0.39, 0.29) is 0 Å². The third kappa shape index (κ3) is 8.98. The Morgan fingerprint density at radius 2 is 0.778 bits per heavy atom. The van der Waals surface area contributed by atoms with Gasteiger partial charge in [-0.25, -0.2) is 9.59 Å². The number of carbonyl (C=O) groups is 2. The van der Waals surface area contributed by atoms with E-state index in [1.807, 2.05) is 60.7 Å². The highest BCUT2D eigenvalue weighted by molar-refractivity contribution is 6.27. The van der Waals surface area contributed by atoms with Crippen molar-refractivity contribution in [3.05, 3.63) is 96.1 Å². The number of rotatable bonds is 17. The summed E-state index contributed by atoms with van der Waals surface area (Å²) in [7, 11) is 0. The van der Waals surface area contributed by atoms with Gasteiger partial charge < -0.3 is 18.9 Å². The molecule has 0 atom stereocenters. The number of benzene rings is 6. The van der Waals surface area contributed by atoms with Crippen molar-refractivity contribution in [2.24, 2.45) is 0 Å². The van der Waals surface area contributed by atoms with E-state index in [1.54, 1.807) is 0 Å². The van der Waals surface area contributed by atoms with Crippen LogP contribution in [0.5, 0.6) is 11.5 Å². The van der Waals surface area contributed by atoms with Gasteiger partial charge >= 0.3 is 12.3 Å². The van der Waals surface area contributed by atoms with Gasteiger partial charge in [0.25, 0.3) is 0 Å². The van der Waals surface area contributed by atoms with E-state index in [2.05, 4.69) is 52.0 Å². The number of hydrogen-bond donors (Lipinski definition) is 0. The van der Waals surface area contributed by atoms with Gasteiger partial charge in [0.05, 0.1) is 13.2 Å². The normalized spacial score (nSPS) is 11.4. The topological polar surface area (TPSA) is 71.1 Å². The first kappa shape index (κ1) is 38.6. The molecule has 0 saturated heterocycles. The van der Waals surface area contributed by atoms with E-state index in [0.29, 0.717) is 24.7 Å². The third-order valence-electron chi connectivity index (χ3n) is 10.3. The summed E-state index contributed by atoms with van der Waals surface area (Å²) in [6.07, 6.45) is 11.8. The Morgan fingerprint density at radius 1 is 0.426 bits per heavy atom. The van der Waals surface area contributed by atoms with Gasteiger partial charge in [0.1, 0.15) is 11.5 Å². The quantitative estimate of drug-likeness (QED) is 0.0403. The molecule has 54 heavy (non-hydrogen) atoms. The van der Waals surface area contributed by atoms with Gasteiger partial charge in [-0.15, -0.1) is 0 Å². The standard InChI is InChI=1S/C48H54O6/c1-5-7-9-11-13-19-29-51-47(49)53-45-37-23-17-15-21-35(37)43(41-31-33(3)25-27-39(41)45)44-36-22-16-18-24-38(36)46(40-28-26-34(4)32-42(40)44)54-48(50)52-30-20-14-12-10-8-6-2/h15-18,21-28,31-32H,5-14,19-20,29-30H2,1-4H3. The van der Waals surface area contributed by atoms with Crippen molar-refractivity contribution >= 4 is 55.4 Å². The third-order valence-corrected chi connectivity index (χ3v) is 10.3. The summed E-state index contributed by atoms with van der Waals surface area (Å²) < 4.78 is 23.4. The Kier molecular flexibility index (Phi) is 13.4. The molecule has 0 aliphatic heterocycles. The predicted octanol–water partition coefficient (Wildman–Crippen LogP) is 14.3. The summed E-state index contributed by atoms with van der Waals surface area (Å²) in [6.45, 7) is 9.21. The highest BCUT2D eigenvalue weighted by atomic mass is 16.7. The zero-order valence-corrected chi connectivity index (χ0v) is 32.4. The van der Waals surface area contributed by atoms with Crippen LogP contribution in [-0.4, -0.2) is 25.5 Å². The number of hydrogen-bond acceptors (Lipinski definition) is 6. The van der Waals surface area contributed by atoms with Crippen LogP contribution in [-0.2, 0) is 9.47 Å². The summed E-state index contributed by atoms with van der Waals surface area (Å²) in [5, 5.41) is 7.03. The fraction of sp³-hybridized carbons (Fsp3) is 0.375. The molecule has 0 N–H and O–H groups in total. The van der Waals surface area contributed by atoms with E-state index >= 15 is 0 Å². The Morgan fingerprint density at radius 3 is 1.19 bits per heavy atom. The monoisotopic (exact) mass is 726 g/mol. The van der Waals surface area contributed by atoms with Crippen LogP contribution >= 0.6 is 0 Å². The fourth-order valence-corrected chi connectivity index (χ4v) is 7.56. The first-order valence-corrected chi connectivity index (χ1v) is 20.0. The van der Waals surface area contributed by atoms with E-state index < -0.39 is 12.3 Å². The van der Waals surface area contributed by atoms with Crippen molar-refractivity contribution in [2.75, 3.05) is 13.2 Å². The molecule has 0 radical (unpaired) electrons. The molecule has 0 bridgehead atoms. The molecule has 0 saturated carbocycles. The number of carbonyl (C=O) groups excluding carboxylic acids is 2. The highest BCUT2D eigenvalue weighted by Gasteiger charge is 2.25. The minimum absolute atomic E-state index is 0.330. The van der Waals surface area contributed by atoms with Crippen molar-refractivity contribution in [3.8, 4) is 22.6 Å². The molecule has 0 aromatic heterocycles. The van der Waals surface area contributed by atoms with Gasteiger partial charge in [0.2, 0.25) is 0 Å². The fourth-order valence-electron chi connectivity index (χ4n) is 7.56. The zero-order chi connectivity index (χ0) is 37.9. The molecule has 0 heterocycles. The van der Waals surface area contributed by atoms with Crippen LogP contribution in [0.25, 0.3) is 54.2 Å². The van der Waals surface area contributed by atoms with Crippen LogP contribution in [0.3, 0.4) is 0 Å². The van der Waals surface area contributed by atoms with Crippen molar-refractivity contribution < 1.29 is 28.5 Å². The Balaban J connectivity index is 1.43. The summed E-state index contributed by atoms with van der Waals surface area (Å²) in [5.41, 5.74) is 4.18. The molecule has 6 rings (SSSR count). The van der Waals surface area contributed by atoms with Crippen LogP contribution in [0.15, 0.2) is 84.9 Å². The maximum atomic E-state index is 13.2. The lowest BCUT2D eigenvalue weighted by Gasteiger charge is -2.21. The average Bonchev–Trinajstić information content (AvgIpc) is 3.17. The van der Waals surface area contributed by atoms with Gasteiger partial charge in [0, 0.05) is 21.5 Å². The van der Waals surface area contributed by atoms with E-state index in [9.17, 15) is 9.59 Å². The van der Waals surface area contributed by atoms with Crippen LogP contribution in [0, 0.1) is 13.8 Å². The first-order chi connectivity index (χ1) is 26.4. The molecule has 6 nitrogen and oxygen atoms in total. The van der Waals surface area contributed by atoms with Crippen LogP contribution in [0.1, 0.15) is 102 Å². The van der Waals surface area contributed by atoms with E-state index in [0.717, 1.165) is 104 Å². The maximum Gasteiger partial charge on any atom is 0.513 e. The molecule has 6 heteroatoms. The second-order valence-electron chi connectivity index (χ2n) is 14.5. The SMILES string of the molecule is CCCCCCCCOC(=O)Oc1c2ccccc2c(-c2c3ccccc3c(OC(=O)OCCCCCCCC)c3ccc(C)cc23)c2cc(C)ccc12. The van der Waals surface area contributed by atoms with Gasteiger partial charge in [-0.3, -0.25) is 0 Å². The molecule has 0 amide bonds. The first-order valence-electron chi connectivity index (χ1n) is 20.0. The summed E-state index contributed by atoms with van der Waals surface area (Å²) in [5.74, 6) is 0.963. The molecule has 0 aliphatic rings. The molecule has 6 aromatic carbocycles. The molecular formula is C48H54O6. The number of aryl methyl sites for hydroxylation is 2. The summed E-state index contributed by atoms with van der Waals surface area (Å²) in [6, 6.07) is 28.6. The van der Waals surface area contributed by atoms with Gasteiger partial charge in [-0.2, -0.15) is 0 Å². The van der Waals surface area contributed by atoms with E-state index in [1.165, 1.54) is 38.5 Å².